The monoisotopic (exact) mass is 308 g/mol. The van der Waals surface area contributed by atoms with Gasteiger partial charge in [0, 0.05) is 3.57 Å². The first-order chi connectivity index (χ1) is 6.08. The summed E-state index contributed by atoms with van der Waals surface area (Å²) < 4.78 is 23.9. The van der Waals surface area contributed by atoms with Crippen molar-refractivity contribution < 1.29 is 8.42 Å². The van der Waals surface area contributed by atoms with Crippen LogP contribution in [0.1, 0.15) is 0 Å². The smallest absolute Gasteiger partial charge is 0.182 e. The first-order valence-electron chi connectivity index (χ1n) is 3.66. The van der Waals surface area contributed by atoms with Crippen LogP contribution < -0.4 is 0 Å². The summed E-state index contributed by atoms with van der Waals surface area (Å²) in [4.78, 5) is 0.385. The zero-order chi connectivity index (χ0) is 9.90. The van der Waals surface area contributed by atoms with Gasteiger partial charge in [-0.3, -0.25) is 0 Å². The van der Waals surface area contributed by atoms with Gasteiger partial charge in [-0.1, -0.05) is 18.2 Å². The number of hydrogen-bond acceptors (Lipinski definition) is 2. The van der Waals surface area contributed by atoms with Crippen molar-refractivity contribution in [1.82, 2.24) is 0 Å². The molecule has 4 heteroatoms. The molecule has 2 nitrogen and oxygen atoms in total. The summed E-state index contributed by atoms with van der Waals surface area (Å²) in [5, 5.41) is 0. The lowest BCUT2D eigenvalue weighted by atomic mass is 10.4. The lowest BCUT2D eigenvalue weighted by Crippen LogP contribution is -2.05. The van der Waals surface area contributed by atoms with Crippen LogP contribution in [0.5, 0.6) is 0 Å². The van der Waals surface area contributed by atoms with Crippen molar-refractivity contribution in [3.05, 3.63) is 40.5 Å². The third kappa shape index (κ3) is 2.54. The fourth-order valence-electron chi connectivity index (χ4n) is 0.942. The first-order valence-corrected chi connectivity index (χ1v) is 6.39. The number of benzene rings is 1. The maximum absolute atomic E-state index is 11.6. The highest BCUT2D eigenvalue weighted by Crippen LogP contribution is 2.18. The van der Waals surface area contributed by atoms with E-state index in [9.17, 15) is 8.42 Å². The Hall–Kier alpha value is -0.360. The molecule has 0 N–H and O–H groups in total. The van der Waals surface area contributed by atoms with Crippen molar-refractivity contribution in [3.8, 4) is 0 Å². The molecular weight excluding hydrogens is 299 g/mol. The Balaban J connectivity index is 3.22. The van der Waals surface area contributed by atoms with E-state index in [2.05, 4.69) is 6.58 Å². The summed E-state index contributed by atoms with van der Waals surface area (Å²) in [6.07, 6.45) is 1.40. The lowest BCUT2D eigenvalue weighted by molar-refractivity contribution is 0.598. The second-order valence-electron chi connectivity index (χ2n) is 2.50. The summed E-state index contributed by atoms with van der Waals surface area (Å²) in [7, 11) is -3.17. The van der Waals surface area contributed by atoms with Crippen molar-refractivity contribution in [1.29, 1.82) is 0 Å². The van der Waals surface area contributed by atoms with Crippen LogP contribution in [0.2, 0.25) is 0 Å². The van der Waals surface area contributed by atoms with E-state index in [0.717, 1.165) is 3.57 Å². The summed E-state index contributed by atoms with van der Waals surface area (Å²) in [6.45, 7) is 3.42. The third-order valence-corrected chi connectivity index (χ3v) is 4.52. The van der Waals surface area contributed by atoms with Gasteiger partial charge < -0.3 is 0 Å². The van der Waals surface area contributed by atoms with Crippen LogP contribution in [0.25, 0.3) is 0 Å². The standard InChI is InChI=1S/C9H9IO2S/c1-2-7-13(11,12)9-6-4-3-5-8(9)10/h2-6H,1,7H2. The van der Waals surface area contributed by atoms with Gasteiger partial charge in [0.2, 0.25) is 0 Å². The van der Waals surface area contributed by atoms with E-state index in [4.69, 9.17) is 0 Å². The molecule has 1 aromatic rings. The van der Waals surface area contributed by atoms with Crippen LogP contribution in [0.15, 0.2) is 41.8 Å². The summed E-state index contributed by atoms with van der Waals surface area (Å²) in [5.74, 6) is -0.00693. The van der Waals surface area contributed by atoms with Crippen LogP contribution in [-0.2, 0) is 9.84 Å². The minimum atomic E-state index is -3.17. The van der Waals surface area contributed by atoms with E-state index >= 15 is 0 Å². The zero-order valence-corrected chi connectivity index (χ0v) is 9.88. The van der Waals surface area contributed by atoms with Gasteiger partial charge >= 0.3 is 0 Å². The Kier molecular flexibility index (Phi) is 3.49. The molecular formula is C9H9IO2S. The fraction of sp³-hybridized carbons (Fsp3) is 0.111. The molecule has 1 rings (SSSR count). The first kappa shape index (κ1) is 10.7. The van der Waals surface area contributed by atoms with E-state index in [1.807, 2.05) is 28.7 Å². The molecule has 0 aliphatic rings. The largest absolute Gasteiger partial charge is 0.223 e. The minimum Gasteiger partial charge on any atom is -0.223 e. The van der Waals surface area contributed by atoms with Gasteiger partial charge in [0.1, 0.15) is 0 Å². The third-order valence-electron chi connectivity index (χ3n) is 1.51. The van der Waals surface area contributed by atoms with Crippen molar-refractivity contribution >= 4 is 32.4 Å². The van der Waals surface area contributed by atoms with Crippen LogP contribution in [0, 0.1) is 3.57 Å². The average Bonchev–Trinajstić information content (AvgIpc) is 2.04. The molecule has 0 unspecified atom stereocenters. The maximum atomic E-state index is 11.6. The van der Waals surface area contributed by atoms with E-state index in [1.54, 1.807) is 18.2 Å². The van der Waals surface area contributed by atoms with E-state index in [-0.39, 0.29) is 5.75 Å². The second kappa shape index (κ2) is 4.23. The topological polar surface area (TPSA) is 34.1 Å². The van der Waals surface area contributed by atoms with Gasteiger partial charge in [-0.05, 0) is 34.7 Å². The molecule has 0 saturated carbocycles. The Morgan fingerprint density at radius 1 is 1.38 bits per heavy atom. The van der Waals surface area contributed by atoms with E-state index in [0.29, 0.717) is 4.90 Å². The number of sulfone groups is 1. The molecule has 0 aliphatic heterocycles. The quantitative estimate of drug-likeness (QED) is 0.634. The van der Waals surface area contributed by atoms with Gasteiger partial charge in [-0.15, -0.1) is 6.58 Å². The molecule has 0 heterocycles. The van der Waals surface area contributed by atoms with Crippen LogP contribution in [-0.4, -0.2) is 14.2 Å². The highest BCUT2D eigenvalue weighted by atomic mass is 127. The molecule has 0 fully saturated rings. The normalized spacial score (nSPS) is 11.2. The molecule has 0 aliphatic carbocycles. The fourth-order valence-corrected chi connectivity index (χ4v) is 3.48. The molecule has 0 amide bonds. The van der Waals surface area contributed by atoms with Gasteiger partial charge in [0.05, 0.1) is 10.6 Å². The summed E-state index contributed by atoms with van der Waals surface area (Å²) in [6, 6.07) is 6.92. The van der Waals surface area contributed by atoms with Gasteiger partial charge in [-0.25, -0.2) is 8.42 Å². The summed E-state index contributed by atoms with van der Waals surface area (Å²) >= 11 is 2.01. The van der Waals surface area contributed by atoms with Gasteiger partial charge in [-0.2, -0.15) is 0 Å². The number of rotatable bonds is 3. The lowest BCUT2D eigenvalue weighted by Gasteiger charge is -2.02. The summed E-state index contributed by atoms with van der Waals surface area (Å²) in [5.41, 5.74) is 0. The molecule has 0 bridgehead atoms. The molecule has 0 atom stereocenters. The maximum Gasteiger partial charge on any atom is 0.182 e. The molecule has 0 spiro atoms. The number of hydrogen-bond donors (Lipinski definition) is 0. The highest BCUT2D eigenvalue weighted by molar-refractivity contribution is 14.1. The molecule has 70 valence electrons. The van der Waals surface area contributed by atoms with Crippen LogP contribution in [0.3, 0.4) is 0 Å². The SMILES string of the molecule is C=CCS(=O)(=O)c1ccccc1I. The average molecular weight is 308 g/mol. The minimum absolute atomic E-state index is 0.00693. The van der Waals surface area contributed by atoms with Gasteiger partial charge in [0.15, 0.2) is 9.84 Å². The van der Waals surface area contributed by atoms with Crippen LogP contribution in [0.4, 0.5) is 0 Å². The molecule has 0 aromatic heterocycles. The molecule has 1 aromatic carbocycles. The van der Waals surface area contributed by atoms with Crippen molar-refractivity contribution in [2.45, 2.75) is 4.90 Å². The van der Waals surface area contributed by atoms with Crippen molar-refractivity contribution in [2.24, 2.45) is 0 Å². The number of halogens is 1. The van der Waals surface area contributed by atoms with Crippen molar-refractivity contribution in [2.75, 3.05) is 5.75 Å². The predicted molar refractivity (Wildman–Crippen MR) is 61.4 cm³/mol. The second-order valence-corrected chi connectivity index (χ2v) is 5.67. The Labute approximate surface area is 91.7 Å². The zero-order valence-electron chi connectivity index (χ0n) is 6.90. The Bertz CT molecular complexity index is 409. The molecule has 0 radical (unpaired) electrons. The highest BCUT2D eigenvalue weighted by Gasteiger charge is 2.14. The van der Waals surface area contributed by atoms with E-state index < -0.39 is 9.84 Å². The van der Waals surface area contributed by atoms with Crippen molar-refractivity contribution in [3.63, 3.8) is 0 Å². The Morgan fingerprint density at radius 2 is 2.00 bits per heavy atom. The Morgan fingerprint density at radius 3 is 2.54 bits per heavy atom. The van der Waals surface area contributed by atoms with Crippen LogP contribution >= 0.6 is 22.6 Å². The van der Waals surface area contributed by atoms with E-state index in [1.165, 1.54) is 6.08 Å². The van der Waals surface area contributed by atoms with Gasteiger partial charge in [0.25, 0.3) is 0 Å². The molecule has 0 saturated heterocycles. The molecule has 13 heavy (non-hydrogen) atoms. The predicted octanol–water partition coefficient (Wildman–Crippen LogP) is 2.25.